The molecule has 1 rings (SSSR count). The van der Waals surface area contributed by atoms with E-state index in [4.69, 9.17) is 0 Å². The molecule has 0 aromatic heterocycles. The van der Waals surface area contributed by atoms with Crippen LogP contribution < -0.4 is 4.72 Å². The monoisotopic (exact) mass is 265 g/mol. The molecule has 0 radical (unpaired) electrons. The van der Waals surface area contributed by atoms with Gasteiger partial charge in [0.25, 0.3) is 10.0 Å². The summed E-state index contributed by atoms with van der Waals surface area (Å²) in [6.07, 6.45) is -3.12. The molecule has 0 amide bonds. The average Bonchev–Trinajstić information content (AvgIpc) is 2.16. The highest BCUT2D eigenvalue weighted by Gasteiger charge is 2.29. The fourth-order valence-electron chi connectivity index (χ4n) is 1.10. The van der Waals surface area contributed by atoms with Gasteiger partial charge in [-0.2, -0.15) is 13.2 Å². The Kier molecular flexibility index (Phi) is 3.82. The minimum atomic E-state index is -4.43. The van der Waals surface area contributed by atoms with Crippen molar-refractivity contribution in [3.05, 3.63) is 41.3 Å². The molecule has 3 nitrogen and oxygen atoms in total. The molecule has 7 heteroatoms. The summed E-state index contributed by atoms with van der Waals surface area (Å²) in [5.74, 6) is 0. The molecule has 0 fully saturated rings. The normalized spacial score (nSPS) is 12.9. The Balaban J connectivity index is 2.90. The Morgan fingerprint density at radius 3 is 2.12 bits per heavy atom. The second kappa shape index (κ2) is 4.79. The Morgan fingerprint density at radius 1 is 1.18 bits per heavy atom. The summed E-state index contributed by atoms with van der Waals surface area (Å²) in [4.78, 5) is 0. The van der Waals surface area contributed by atoms with Gasteiger partial charge >= 0.3 is 6.18 Å². The minimum absolute atomic E-state index is 0.0797. The van der Waals surface area contributed by atoms with Crippen LogP contribution in [0.4, 0.5) is 18.9 Å². The van der Waals surface area contributed by atoms with Gasteiger partial charge in [0, 0.05) is 11.1 Å². The Morgan fingerprint density at radius 2 is 1.71 bits per heavy atom. The van der Waals surface area contributed by atoms with Crippen molar-refractivity contribution in [2.24, 2.45) is 0 Å². The predicted octanol–water partition coefficient (Wildman–Crippen LogP) is 2.98. The van der Waals surface area contributed by atoms with E-state index in [1.807, 2.05) is 0 Å². The fourth-order valence-corrected chi connectivity index (χ4v) is 2.00. The molecular weight excluding hydrogens is 255 g/mol. The molecule has 0 heterocycles. The topological polar surface area (TPSA) is 46.2 Å². The van der Waals surface area contributed by atoms with E-state index in [1.165, 1.54) is 13.0 Å². The molecule has 0 aliphatic heterocycles. The van der Waals surface area contributed by atoms with Gasteiger partial charge in [0.2, 0.25) is 0 Å². The summed E-state index contributed by atoms with van der Waals surface area (Å²) >= 11 is 0. The summed E-state index contributed by atoms with van der Waals surface area (Å²) in [5.41, 5.74) is -0.748. The molecule has 0 atom stereocenters. The molecular formula is C10H10F3NO2S. The summed E-state index contributed by atoms with van der Waals surface area (Å²) < 4.78 is 61.3. The number of allylic oxidation sites excluding steroid dienone is 1. The Labute approximate surface area is 97.0 Å². The number of anilines is 1. The van der Waals surface area contributed by atoms with Crippen LogP contribution in [0.3, 0.4) is 0 Å². The van der Waals surface area contributed by atoms with Crippen molar-refractivity contribution in [3.63, 3.8) is 0 Å². The van der Waals surface area contributed by atoms with Crippen molar-refractivity contribution in [2.75, 3.05) is 4.72 Å². The van der Waals surface area contributed by atoms with E-state index in [1.54, 1.807) is 0 Å². The van der Waals surface area contributed by atoms with Crippen LogP contribution in [0.2, 0.25) is 0 Å². The molecule has 1 aromatic rings. The highest BCUT2D eigenvalue weighted by atomic mass is 32.2. The van der Waals surface area contributed by atoms with E-state index in [-0.39, 0.29) is 5.69 Å². The molecule has 1 N–H and O–H groups in total. The number of hydrogen-bond donors (Lipinski definition) is 1. The summed E-state index contributed by atoms with van der Waals surface area (Å²) in [5, 5.41) is 0.921. The highest BCUT2D eigenvalue weighted by Crippen LogP contribution is 2.29. The molecule has 17 heavy (non-hydrogen) atoms. The van der Waals surface area contributed by atoms with Crippen LogP contribution in [-0.4, -0.2) is 8.42 Å². The lowest BCUT2D eigenvalue weighted by atomic mass is 10.2. The van der Waals surface area contributed by atoms with E-state index in [0.717, 1.165) is 29.7 Å². The summed E-state index contributed by atoms with van der Waals surface area (Å²) in [6.45, 7) is 1.52. The van der Waals surface area contributed by atoms with Crippen molar-refractivity contribution in [1.29, 1.82) is 0 Å². The second-order valence-electron chi connectivity index (χ2n) is 3.19. The SMILES string of the molecule is CC=CS(=O)(=O)Nc1ccc(C(F)(F)F)cc1. The molecule has 0 spiro atoms. The van der Waals surface area contributed by atoms with Crippen molar-refractivity contribution in [2.45, 2.75) is 13.1 Å². The van der Waals surface area contributed by atoms with Gasteiger partial charge in [0.1, 0.15) is 0 Å². The zero-order chi connectivity index (χ0) is 13.1. The lowest BCUT2D eigenvalue weighted by Gasteiger charge is -2.08. The van der Waals surface area contributed by atoms with Gasteiger partial charge in [0.15, 0.2) is 0 Å². The largest absolute Gasteiger partial charge is 0.416 e. The quantitative estimate of drug-likeness (QED) is 0.913. The molecule has 0 saturated heterocycles. The van der Waals surface area contributed by atoms with E-state index >= 15 is 0 Å². The van der Waals surface area contributed by atoms with Crippen LogP contribution in [0, 0.1) is 0 Å². The predicted molar refractivity (Wildman–Crippen MR) is 58.8 cm³/mol. The van der Waals surface area contributed by atoms with Crippen molar-refractivity contribution >= 4 is 15.7 Å². The maximum atomic E-state index is 12.2. The van der Waals surface area contributed by atoms with Crippen LogP contribution in [0.1, 0.15) is 12.5 Å². The van der Waals surface area contributed by atoms with Crippen LogP contribution in [0.15, 0.2) is 35.7 Å². The summed E-state index contributed by atoms with van der Waals surface area (Å²) in [7, 11) is -3.64. The number of alkyl halides is 3. The third-order valence-corrected chi connectivity index (χ3v) is 2.94. The second-order valence-corrected chi connectivity index (χ2v) is 4.76. The first-order valence-corrected chi connectivity index (χ1v) is 6.12. The number of hydrogen-bond acceptors (Lipinski definition) is 2. The van der Waals surface area contributed by atoms with Crippen LogP contribution in [0.5, 0.6) is 0 Å². The van der Waals surface area contributed by atoms with Crippen molar-refractivity contribution in [1.82, 2.24) is 0 Å². The molecule has 0 saturated carbocycles. The third-order valence-electron chi connectivity index (χ3n) is 1.79. The molecule has 0 aliphatic rings. The zero-order valence-corrected chi connectivity index (χ0v) is 9.64. The van der Waals surface area contributed by atoms with E-state index in [2.05, 4.69) is 4.72 Å². The van der Waals surface area contributed by atoms with E-state index in [0.29, 0.717) is 0 Å². The molecule has 1 aromatic carbocycles. The van der Waals surface area contributed by atoms with Gasteiger partial charge in [-0.1, -0.05) is 6.08 Å². The molecule has 0 bridgehead atoms. The maximum Gasteiger partial charge on any atom is 0.416 e. The number of sulfonamides is 1. The Hall–Kier alpha value is -1.50. The van der Waals surface area contributed by atoms with Crippen LogP contribution >= 0.6 is 0 Å². The minimum Gasteiger partial charge on any atom is -0.280 e. The number of nitrogens with one attached hydrogen (secondary N) is 1. The smallest absolute Gasteiger partial charge is 0.280 e. The van der Waals surface area contributed by atoms with Gasteiger partial charge in [0.05, 0.1) is 5.56 Å². The van der Waals surface area contributed by atoms with Gasteiger partial charge in [-0.25, -0.2) is 8.42 Å². The Bertz CT molecular complexity index is 503. The highest BCUT2D eigenvalue weighted by molar-refractivity contribution is 7.95. The molecule has 0 aliphatic carbocycles. The maximum absolute atomic E-state index is 12.2. The first-order valence-electron chi connectivity index (χ1n) is 4.57. The number of benzene rings is 1. The first-order chi connectivity index (χ1) is 7.74. The summed E-state index contributed by atoms with van der Waals surface area (Å²) in [6, 6.07) is 3.74. The van der Waals surface area contributed by atoms with Gasteiger partial charge in [-0.3, -0.25) is 4.72 Å². The molecule has 0 unspecified atom stereocenters. The zero-order valence-electron chi connectivity index (χ0n) is 8.82. The average molecular weight is 265 g/mol. The third kappa shape index (κ3) is 4.10. The lowest BCUT2D eigenvalue weighted by molar-refractivity contribution is -0.137. The van der Waals surface area contributed by atoms with Crippen molar-refractivity contribution < 1.29 is 21.6 Å². The van der Waals surface area contributed by atoms with Gasteiger partial charge < -0.3 is 0 Å². The number of halogens is 3. The lowest BCUT2D eigenvalue weighted by Crippen LogP contribution is -2.09. The van der Waals surface area contributed by atoms with E-state index in [9.17, 15) is 21.6 Å². The van der Waals surface area contributed by atoms with Gasteiger partial charge in [-0.05, 0) is 31.2 Å². The number of rotatable bonds is 3. The molecule has 94 valence electrons. The van der Waals surface area contributed by atoms with Crippen molar-refractivity contribution in [3.8, 4) is 0 Å². The van der Waals surface area contributed by atoms with Crippen LogP contribution in [0.25, 0.3) is 0 Å². The van der Waals surface area contributed by atoms with Crippen LogP contribution in [-0.2, 0) is 16.2 Å². The first kappa shape index (κ1) is 13.6. The fraction of sp³-hybridized carbons (Fsp3) is 0.200. The standard InChI is InChI=1S/C10H10F3NO2S/c1-2-7-17(15,16)14-9-5-3-8(4-6-9)10(11,12)13/h2-7,14H,1H3. The van der Waals surface area contributed by atoms with E-state index < -0.39 is 21.8 Å². The van der Waals surface area contributed by atoms with Gasteiger partial charge in [-0.15, -0.1) is 0 Å².